The van der Waals surface area contributed by atoms with Crippen LogP contribution in [-0.2, 0) is 22.4 Å². The molecule has 26 heavy (non-hydrogen) atoms. The van der Waals surface area contributed by atoms with E-state index in [9.17, 15) is 4.79 Å². The smallest absolute Gasteiger partial charge is 0.271 e. The molecule has 0 spiro atoms. The highest BCUT2D eigenvalue weighted by Crippen LogP contribution is 2.26. The van der Waals surface area contributed by atoms with Crippen molar-refractivity contribution in [3.8, 4) is 0 Å². The molecule has 138 valence electrons. The molecule has 8 nitrogen and oxygen atoms in total. The highest BCUT2D eigenvalue weighted by atomic mass is 16.5. The number of fused-ring (bicyclic) bond motifs is 1. The summed E-state index contributed by atoms with van der Waals surface area (Å²) in [6.07, 6.45) is 9.42. The molecule has 4 rings (SSSR count). The van der Waals surface area contributed by atoms with Gasteiger partial charge in [0.05, 0.1) is 18.5 Å². The molecule has 2 aromatic rings. The Morgan fingerprint density at radius 3 is 2.96 bits per heavy atom. The molecule has 2 aliphatic rings. The van der Waals surface area contributed by atoms with Gasteiger partial charge in [0, 0.05) is 44.9 Å². The fraction of sp³-hybridized carbons (Fsp3) is 0.556. The van der Waals surface area contributed by atoms with Gasteiger partial charge in [0.25, 0.3) is 5.91 Å². The van der Waals surface area contributed by atoms with Crippen LogP contribution in [0.25, 0.3) is 0 Å². The molecule has 1 fully saturated rings. The maximum atomic E-state index is 12.2. The van der Waals surface area contributed by atoms with Gasteiger partial charge in [-0.05, 0) is 30.7 Å². The topological polar surface area (TPSA) is 91.2 Å². The Kier molecular flexibility index (Phi) is 5.21. The van der Waals surface area contributed by atoms with Crippen molar-refractivity contribution in [3.63, 3.8) is 0 Å². The summed E-state index contributed by atoms with van der Waals surface area (Å²) in [6, 6.07) is 0. The molecule has 0 aliphatic carbocycles. The molecule has 2 aromatic heterocycles. The zero-order chi connectivity index (χ0) is 17.8. The predicted molar refractivity (Wildman–Crippen MR) is 92.5 cm³/mol. The van der Waals surface area contributed by atoms with Gasteiger partial charge in [-0.2, -0.15) is 5.10 Å². The molecule has 1 atom stereocenters. The Labute approximate surface area is 151 Å². The summed E-state index contributed by atoms with van der Waals surface area (Å²) in [4.78, 5) is 20.1. The van der Waals surface area contributed by atoms with E-state index in [1.807, 2.05) is 4.68 Å². The Morgan fingerprint density at radius 1 is 1.27 bits per heavy atom. The van der Waals surface area contributed by atoms with Gasteiger partial charge in [0.15, 0.2) is 0 Å². The van der Waals surface area contributed by atoms with Crippen molar-refractivity contribution in [1.29, 1.82) is 0 Å². The minimum absolute atomic E-state index is 0.227. The first-order valence-electron chi connectivity index (χ1n) is 9.09. The van der Waals surface area contributed by atoms with Crippen LogP contribution in [0.2, 0.25) is 0 Å². The van der Waals surface area contributed by atoms with Crippen LogP contribution < -0.4 is 5.32 Å². The second-order valence-corrected chi connectivity index (χ2v) is 6.73. The zero-order valence-corrected chi connectivity index (χ0v) is 14.6. The van der Waals surface area contributed by atoms with Crippen LogP contribution in [-0.4, -0.2) is 52.0 Å². The lowest BCUT2D eigenvalue weighted by molar-refractivity contribution is 0.0378. The van der Waals surface area contributed by atoms with Crippen molar-refractivity contribution >= 4 is 5.91 Å². The van der Waals surface area contributed by atoms with Gasteiger partial charge in [-0.25, -0.2) is 4.98 Å². The molecule has 0 radical (unpaired) electrons. The molecule has 4 heterocycles. The lowest BCUT2D eigenvalue weighted by Crippen LogP contribution is -2.32. The van der Waals surface area contributed by atoms with E-state index in [1.54, 1.807) is 6.20 Å². The molecule has 8 heteroatoms. The van der Waals surface area contributed by atoms with Crippen LogP contribution in [0.3, 0.4) is 0 Å². The van der Waals surface area contributed by atoms with E-state index in [0.717, 1.165) is 44.7 Å². The zero-order valence-electron chi connectivity index (χ0n) is 14.6. The number of nitrogens with one attached hydrogen (secondary N) is 1. The van der Waals surface area contributed by atoms with E-state index in [1.165, 1.54) is 18.0 Å². The summed E-state index contributed by atoms with van der Waals surface area (Å²) < 4.78 is 13.3. The first kappa shape index (κ1) is 17.1. The SMILES string of the molecule is O=C(NC[C@@H]1OCCc2cn(CC3CCOCC3)nc21)c1cnccn1. The Morgan fingerprint density at radius 2 is 2.15 bits per heavy atom. The Hall–Kier alpha value is -2.32. The summed E-state index contributed by atoms with van der Waals surface area (Å²) in [6.45, 7) is 3.60. The summed E-state index contributed by atoms with van der Waals surface area (Å²) in [5.74, 6) is 0.358. The number of rotatable bonds is 5. The van der Waals surface area contributed by atoms with Crippen LogP contribution >= 0.6 is 0 Å². The van der Waals surface area contributed by atoms with Crippen LogP contribution in [0.1, 0.15) is 40.7 Å². The van der Waals surface area contributed by atoms with Crippen LogP contribution in [0, 0.1) is 5.92 Å². The van der Waals surface area contributed by atoms with Gasteiger partial charge in [0.2, 0.25) is 0 Å². The predicted octanol–water partition coefficient (Wildman–Crippen LogP) is 1.14. The van der Waals surface area contributed by atoms with Crippen LogP contribution in [0.5, 0.6) is 0 Å². The molecule has 2 aliphatic heterocycles. The molecular formula is C18H23N5O3. The van der Waals surface area contributed by atoms with Gasteiger partial charge in [0.1, 0.15) is 11.8 Å². The standard InChI is InChI=1S/C18H23N5O3/c24-18(15-9-19-4-5-20-15)21-10-16-17-14(3-8-26-16)12-23(22-17)11-13-1-6-25-7-2-13/h4-5,9,12-13,16H,1-3,6-8,10-11H2,(H,21,24)/t16-/m0/s1. The summed E-state index contributed by atoms with van der Waals surface area (Å²) in [5.41, 5.74) is 2.44. The molecular weight excluding hydrogens is 334 g/mol. The average Bonchev–Trinajstić information content (AvgIpc) is 3.10. The molecule has 0 aromatic carbocycles. The van der Waals surface area contributed by atoms with Gasteiger partial charge >= 0.3 is 0 Å². The maximum Gasteiger partial charge on any atom is 0.271 e. The van der Waals surface area contributed by atoms with E-state index in [2.05, 4.69) is 21.5 Å². The first-order valence-corrected chi connectivity index (χ1v) is 9.09. The van der Waals surface area contributed by atoms with E-state index in [0.29, 0.717) is 24.8 Å². The molecule has 0 saturated carbocycles. The third-order valence-corrected chi connectivity index (χ3v) is 4.90. The van der Waals surface area contributed by atoms with Crippen molar-refractivity contribution in [2.75, 3.05) is 26.4 Å². The summed E-state index contributed by atoms with van der Waals surface area (Å²) in [5, 5.41) is 7.62. The fourth-order valence-electron chi connectivity index (χ4n) is 3.47. The van der Waals surface area contributed by atoms with E-state index in [-0.39, 0.29) is 12.0 Å². The van der Waals surface area contributed by atoms with Crippen molar-refractivity contribution < 1.29 is 14.3 Å². The highest BCUT2D eigenvalue weighted by Gasteiger charge is 2.26. The number of ether oxygens (including phenoxy) is 2. The van der Waals surface area contributed by atoms with Gasteiger partial charge in [-0.3, -0.25) is 14.5 Å². The van der Waals surface area contributed by atoms with E-state index >= 15 is 0 Å². The summed E-state index contributed by atoms with van der Waals surface area (Å²) >= 11 is 0. The molecule has 0 unspecified atom stereocenters. The second kappa shape index (κ2) is 7.92. The van der Waals surface area contributed by atoms with Gasteiger partial charge in [-0.15, -0.1) is 0 Å². The molecule has 1 saturated heterocycles. The minimum Gasteiger partial charge on any atom is -0.381 e. The number of hydrogen-bond donors (Lipinski definition) is 1. The molecule has 0 bridgehead atoms. The largest absolute Gasteiger partial charge is 0.381 e. The number of aromatic nitrogens is 4. The molecule has 1 N–H and O–H groups in total. The number of hydrogen-bond acceptors (Lipinski definition) is 6. The van der Waals surface area contributed by atoms with E-state index in [4.69, 9.17) is 14.6 Å². The average molecular weight is 357 g/mol. The quantitative estimate of drug-likeness (QED) is 0.863. The lowest BCUT2D eigenvalue weighted by atomic mass is 10.0. The number of carbonyl (C=O) groups excluding carboxylic acids is 1. The number of nitrogens with zero attached hydrogens (tertiary/aromatic N) is 4. The second-order valence-electron chi connectivity index (χ2n) is 6.73. The highest BCUT2D eigenvalue weighted by molar-refractivity contribution is 5.91. The Balaban J connectivity index is 1.39. The van der Waals surface area contributed by atoms with Crippen molar-refractivity contribution in [2.24, 2.45) is 5.92 Å². The number of amides is 1. The van der Waals surface area contributed by atoms with Crippen molar-refractivity contribution in [1.82, 2.24) is 25.1 Å². The summed E-state index contributed by atoms with van der Waals surface area (Å²) in [7, 11) is 0. The maximum absolute atomic E-state index is 12.2. The Bertz CT molecular complexity index is 743. The van der Waals surface area contributed by atoms with Gasteiger partial charge in [-0.1, -0.05) is 0 Å². The third kappa shape index (κ3) is 3.91. The van der Waals surface area contributed by atoms with Crippen LogP contribution in [0.4, 0.5) is 0 Å². The number of carbonyl (C=O) groups is 1. The normalized spacial score (nSPS) is 20.5. The van der Waals surface area contributed by atoms with E-state index < -0.39 is 0 Å². The van der Waals surface area contributed by atoms with Crippen molar-refractivity contribution in [2.45, 2.75) is 31.9 Å². The molecule has 1 amide bonds. The van der Waals surface area contributed by atoms with Gasteiger partial charge < -0.3 is 14.8 Å². The first-order chi connectivity index (χ1) is 12.8. The third-order valence-electron chi connectivity index (χ3n) is 4.90. The van der Waals surface area contributed by atoms with Crippen molar-refractivity contribution in [3.05, 3.63) is 41.7 Å². The monoisotopic (exact) mass is 357 g/mol. The lowest BCUT2D eigenvalue weighted by Gasteiger charge is -2.22. The minimum atomic E-state index is -0.254. The van der Waals surface area contributed by atoms with Crippen LogP contribution in [0.15, 0.2) is 24.8 Å². The fourth-order valence-corrected chi connectivity index (χ4v) is 3.47.